The summed E-state index contributed by atoms with van der Waals surface area (Å²) >= 11 is 0. The first-order valence-corrected chi connectivity index (χ1v) is 4.33. The Morgan fingerprint density at radius 1 is 1.46 bits per heavy atom. The fraction of sp³-hybridized carbons (Fsp3) is 0.400. The Labute approximate surface area is 76.5 Å². The standard InChI is InChI=1S/C10H11NO2/c1-10(7-9(10)11(12)13)8-5-3-2-4-6-8/h2-6,9H,7H2,1H3/t9-,10-/m0/s1. The topological polar surface area (TPSA) is 43.1 Å². The van der Waals surface area contributed by atoms with Gasteiger partial charge in [0.15, 0.2) is 0 Å². The van der Waals surface area contributed by atoms with Crippen molar-refractivity contribution < 1.29 is 4.92 Å². The Bertz CT molecular complexity index is 336. The van der Waals surface area contributed by atoms with Crippen LogP contribution in [0.1, 0.15) is 18.9 Å². The number of hydrogen-bond acceptors (Lipinski definition) is 2. The minimum atomic E-state index is -0.380. The molecule has 3 nitrogen and oxygen atoms in total. The molecule has 0 saturated heterocycles. The molecule has 0 aromatic heterocycles. The average molecular weight is 177 g/mol. The Morgan fingerprint density at radius 3 is 2.54 bits per heavy atom. The molecule has 0 aliphatic heterocycles. The second-order valence-electron chi connectivity index (χ2n) is 3.79. The van der Waals surface area contributed by atoms with E-state index in [4.69, 9.17) is 0 Å². The fourth-order valence-electron chi connectivity index (χ4n) is 1.78. The fourth-order valence-corrected chi connectivity index (χ4v) is 1.78. The highest BCUT2D eigenvalue weighted by molar-refractivity contribution is 5.33. The summed E-state index contributed by atoms with van der Waals surface area (Å²) in [5.41, 5.74) is 0.863. The van der Waals surface area contributed by atoms with Crippen molar-refractivity contribution in [2.75, 3.05) is 0 Å². The van der Waals surface area contributed by atoms with Gasteiger partial charge in [-0.3, -0.25) is 10.1 Å². The lowest BCUT2D eigenvalue weighted by Crippen LogP contribution is -2.14. The Morgan fingerprint density at radius 2 is 2.08 bits per heavy atom. The number of hydrogen-bond donors (Lipinski definition) is 0. The molecular weight excluding hydrogens is 166 g/mol. The van der Waals surface area contributed by atoms with Gasteiger partial charge >= 0.3 is 0 Å². The molecule has 0 spiro atoms. The second kappa shape index (κ2) is 2.55. The molecule has 13 heavy (non-hydrogen) atoms. The number of nitrogens with zero attached hydrogens (tertiary/aromatic N) is 1. The van der Waals surface area contributed by atoms with Crippen LogP contribution in [-0.4, -0.2) is 11.0 Å². The summed E-state index contributed by atoms with van der Waals surface area (Å²) in [4.78, 5) is 10.4. The van der Waals surface area contributed by atoms with Gasteiger partial charge in [-0.15, -0.1) is 0 Å². The molecule has 0 bridgehead atoms. The van der Waals surface area contributed by atoms with E-state index in [0.717, 1.165) is 5.56 Å². The highest BCUT2D eigenvalue weighted by Crippen LogP contribution is 2.49. The van der Waals surface area contributed by atoms with Gasteiger partial charge in [-0.05, 0) is 12.5 Å². The molecule has 0 N–H and O–H groups in total. The van der Waals surface area contributed by atoms with Gasteiger partial charge < -0.3 is 0 Å². The summed E-state index contributed by atoms with van der Waals surface area (Å²) in [5, 5.41) is 10.6. The molecule has 1 aliphatic rings. The highest BCUT2D eigenvalue weighted by Gasteiger charge is 2.61. The zero-order valence-electron chi connectivity index (χ0n) is 7.43. The molecule has 3 heteroatoms. The van der Waals surface area contributed by atoms with Crippen molar-refractivity contribution in [2.24, 2.45) is 0 Å². The van der Waals surface area contributed by atoms with Crippen LogP contribution in [0.3, 0.4) is 0 Å². The van der Waals surface area contributed by atoms with Crippen molar-refractivity contribution in [3.05, 3.63) is 46.0 Å². The van der Waals surface area contributed by atoms with Crippen LogP contribution in [-0.2, 0) is 5.41 Å². The first-order chi connectivity index (χ1) is 6.14. The second-order valence-corrected chi connectivity index (χ2v) is 3.79. The molecule has 0 unspecified atom stereocenters. The molecule has 1 aromatic carbocycles. The van der Waals surface area contributed by atoms with Crippen LogP contribution in [0.2, 0.25) is 0 Å². The van der Waals surface area contributed by atoms with E-state index >= 15 is 0 Å². The van der Waals surface area contributed by atoms with Crippen molar-refractivity contribution in [3.63, 3.8) is 0 Å². The maximum absolute atomic E-state index is 10.6. The normalized spacial score (nSPS) is 31.3. The van der Waals surface area contributed by atoms with E-state index in [1.165, 1.54) is 0 Å². The zero-order chi connectivity index (χ0) is 9.47. The van der Waals surface area contributed by atoms with Gasteiger partial charge in [0.1, 0.15) is 0 Å². The van der Waals surface area contributed by atoms with Crippen molar-refractivity contribution in [2.45, 2.75) is 24.8 Å². The van der Waals surface area contributed by atoms with Crippen LogP contribution >= 0.6 is 0 Å². The first-order valence-electron chi connectivity index (χ1n) is 4.33. The monoisotopic (exact) mass is 177 g/mol. The Kier molecular flexibility index (Phi) is 1.62. The molecular formula is C10H11NO2. The van der Waals surface area contributed by atoms with Gasteiger partial charge in [-0.25, -0.2) is 0 Å². The molecule has 1 aromatic rings. The Balaban J connectivity index is 2.25. The van der Waals surface area contributed by atoms with Gasteiger partial charge in [0.05, 0.1) is 5.41 Å². The quantitative estimate of drug-likeness (QED) is 0.512. The zero-order valence-corrected chi connectivity index (χ0v) is 7.43. The van der Waals surface area contributed by atoms with E-state index in [2.05, 4.69) is 0 Å². The van der Waals surface area contributed by atoms with Crippen molar-refractivity contribution >= 4 is 0 Å². The lowest BCUT2D eigenvalue weighted by atomic mass is 9.98. The largest absolute Gasteiger partial charge is 0.264 e. The molecule has 1 saturated carbocycles. The summed E-state index contributed by atoms with van der Waals surface area (Å²) < 4.78 is 0. The third-order valence-corrected chi connectivity index (χ3v) is 2.88. The number of rotatable bonds is 2. The lowest BCUT2D eigenvalue weighted by molar-refractivity contribution is -0.499. The molecule has 1 aliphatic carbocycles. The van der Waals surface area contributed by atoms with E-state index in [9.17, 15) is 10.1 Å². The van der Waals surface area contributed by atoms with Gasteiger partial charge in [0.2, 0.25) is 6.04 Å². The van der Waals surface area contributed by atoms with Crippen molar-refractivity contribution in [1.29, 1.82) is 0 Å². The minimum absolute atomic E-state index is 0.174. The van der Waals surface area contributed by atoms with Crippen LogP contribution in [0.5, 0.6) is 0 Å². The van der Waals surface area contributed by atoms with Gasteiger partial charge in [0.25, 0.3) is 0 Å². The first kappa shape index (κ1) is 8.23. The van der Waals surface area contributed by atoms with E-state index in [-0.39, 0.29) is 16.4 Å². The average Bonchev–Trinajstić information content (AvgIpc) is 2.82. The molecule has 68 valence electrons. The van der Waals surface area contributed by atoms with E-state index in [1.54, 1.807) is 0 Å². The maximum atomic E-state index is 10.6. The smallest absolute Gasteiger partial charge is 0.223 e. The summed E-state index contributed by atoms with van der Waals surface area (Å²) in [6, 6.07) is 9.32. The lowest BCUT2D eigenvalue weighted by Gasteiger charge is -2.06. The van der Waals surface area contributed by atoms with Crippen LogP contribution in [0, 0.1) is 10.1 Å². The summed E-state index contributed by atoms with van der Waals surface area (Å²) in [6.45, 7) is 1.95. The van der Waals surface area contributed by atoms with E-state index < -0.39 is 0 Å². The van der Waals surface area contributed by atoms with Gasteiger partial charge in [-0.1, -0.05) is 30.3 Å². The van der Waals surface area contributed by atoms with Gasteiger partial charge in [0, 0.05) is 11.3 Å². The molecule has 2 rings (SSSR count). The molecule has 1 fully saturated rings. The van der Waals surface area contributed by atoms with Crippen molar-refractivity contribution in [3.8, 4) is 0 Å². The molecule has 2 atom stereocenters. The molecule has 0 heterocycles. The van der Waals surface area contributed by atoms with E-state index in [1.807, 2.05) is 37.3 Å². The van der Waals surface area contributed by atoms with Crippen molar-refractivity contribution in [1.82, 2.24) is 0 Å². The summed E-state index contributed by atoms with van der Waals surface area (Å²) in [7, 11) is 0. The van der Waals surface area contributed by atoms with Crippen LogP contribution < -0.4 is 0 Å². The van der Waals surface area contributed by atoms with Crippen LogP contribution in [0.15, 0.2) is 30.3 Å². The number of nitro groups is 1. The van der Waals surface area contributed by atoms with Crippen LogP contribution in [0.25, 0.3) is 0 Å². The van der Waals surface area contributed by atoms with E-state index in [0.29, 0.717) is 6.42 Å². The predicted octanol–water partition coefficient (Wildman–Crippen LogP) is 1.99. The minimum Gasteiger partial charge on any atom is -0.264 e. The maximum Gasteiger partial charge on any atom is 0.223 e. The SMILES string of the molecule is C[C@@]1(c2ccccc2)C[C@@H]1[N+](=O)[O-]. The Hall–Kier alpha value is -1.38. The predicted molar refractivity (Wildman–Crippen MR) is 49.2 cm³/mol. The third-order valence-electron chi connectivity index (χ3n) is 2.88. The third kappa shape index (κ3) is 1.20. The van der Waals surface area contributed by atoms with Crippen LogP contribution in [0.4, 0.5) is 0 Å². The molecule has 0 radical (unpaired) electrons. The van der Waals surface area contributed by atoms with Gasteiger partial charge in [-0.2, -0.15) is 0 Å². The molecule has 0 amide bonds. The summed E-state index contributed by atoms with van der Waals surface area (Å²) in [6.07, 6.45) is 0.671. The number of benzene rings is 1. The summed E-state index contributed by atoms with van der Waals surface area (Å²) in [5.74, 6) is 0. The highest BCUT2D eigenvalue weighted by atomic mass is 16.6.